The van der Waals surface area contributed by atoms with Gasteiger partial charge in [-0.1, -0.05) is 18.6 Å². The van der Waals surface area contributed by atoms with E-state index in [4.69, 9.17) is 5.73 Å². The summed E-state index contributed by atoms with van der Waals surface area (Å²) in [4.78, 5) is 24.9. The van der Waals surface area contributed by atoms with Crippen LogP contribution in [0.2, 0.25) is 0 Å². The average Bonchev–Trinajstić information content (AvgIpc) is 2.84. The molecule has 1 aliphatic carbocycles. The Morgan fingerprint density at radius 2 is 1.68 bits per heavy atom. The SMILES string of the molecule is NC1CCC(C=O)CC1.O=C(Nc1cccc(CCN2CCCCC2)c1)c1cc(F)cc(F)c1. The number of halogens is 2. The normalized spacial score (nSPS) is 20.7. The fraction of sp³-hybridized carbons (Fsp3) is 0.481. The first kappa shape index (κ1) is 26.0. The van der Waals surface area contributed by atoms with Crippen LogP contribution >= 0.6 is 0 Å². The van der Waals surface area contributed by atoms with Crippen molar-refractivity contribution < 1.29 is 18.4 Å². The van der Waals surface area contributed by atoms with Crippen molar-refractivity contribution in [2.45, 2.75) is 57.4 Å². The number of hydrogen-bond donors (Lipinski definition) is 2. The molecule has 0 radical (unpaired) electrons. The van der Waals surface area contributed by atoms with Crippen LogP contribution in [0.3, 0.4) is 0 Å². The third kappa shape index (κ3) is 8.61. The van der Waals surface area contributed by atoms with Crippen LogP contribution in [0.15, 0.2) is 42.5 Å². The van der Waals surface area contributed by atoms with Crippen molar-refractivity contribution in [3.8, 4) is 0 Å². The molecular formula is C27H35F2N3O2. The van der Waals surface area contributed by atoms with Gasteiger partial charge in [-0.15, -0.1) is 0 Å². The molecule has 1 amide bonds. The van der Waals surface area contributed by atoms with Crippen molar-refractivity contribution >= 4 is 17.9 Å². The van der Waals surface area contributed by atoms with E-state index in [1.165, 1.54) is 19.3 Å². The Kier molecular flexibility index (Phi) is 10.2. The van der Waals surface area contributed by atoms with Crippen molar-refractivity contribution in [1.29, 1.82) is 0 Å². The van der Waals surface area contributed by atoms with Gasteiger partial charge in [-0.05, 0) is 87.9 Å². The summed E-state index contributed by atoms with van der Waals surface area (Å²) in [5.74, 6) is -1.74. The molecular weight excluding hydrogens is 436 g/mol. The van der Waals surface area contributed by atoms with Crippen molar-refractivity contribution in [3.63, 3.8) is 0 Å². The van der Waals surface area contributed by atoms with Gasteiger partial charge in [0.1, 0.15) is 17.9 Å². The lowest BCUT2D eigenvalue weighted by molar-refractivity contribution is -0.111. The predicted molar refractivity (Wildman–Crippen MR) is 131 cm³/mol. The van der Waals surface area contributed by atoms with Gasteiger partial charge >= 0.3 is 0 Å². The average molecular weight is 472 g/mol. The number of benzene rings is 2. The molecule has 1 heterocycles. The van der Waals surface area contributed by atoms with Gasteiger partial charge in [-0.25, -0.2) is 8.78 Å². The van der Waals surface area contributed by atoms with Gasteiger partial charge in [0.15, 0.2) is 0 Å². The quantitative estimate of drug-likeness (QED) is 0.585. The van der Waals surface area contributed by atoms with Crippen molar-refractivity contribution in [2.75, 3.05) is 25.0 Å². The van der Waals surface area contributed by atoms with Crippen LogP contribution in [0, 0.1) is 17.6 Å². The molecule has 0 unspecified atom stereocenters. The molecule has 1 saturated heterocycles. The number of nitrogens with one attached hydrogen (secondary N) is 1. The number of carbonyl (C=O) groups excluding carboxylic acids is 2. The molecule has 3 N–H and O–H groups in total. The zero-order chi connectivity index (χ0) is 24.3. The molecule has 184 valence electrons. The molecule has 5 nitrogen and oxygen atoms in total. The topological polar surface area (TPSA) is 75.4 Å². The first-order chi connectivity index (χ1) is 16.4. The van der Waals surface area contributed by atoms with Gasteiger partial charge in [0.05, 0.1) is 0 Å². The minimum Gasteiger partial charge on any atom is -0.328 e. The van der Waals surface area contributed by atoms with Crippen molar-refractivity contribution in [3.05, 3.63) is 65.2 Å². The number of carbonyl (C=O) groups is 2. The number of likely N-dealkylation sites (tertiary alicyclic amines) is 1. The molecule has 2 fully saturated rings. The largest absolute Gasteiger partial charge is 0.328 e. The summed E-state index contributed by atoms with van der Waals surface area (Å²) in [6.45, 7) is 3.32. The summed E-state index contributed by atoms with van der Waals surface area (Å²) in [5, 5.41) is 2.71. The zero-order valence-corrected chi connectivity index (χ0v) is 19.6. The minimum atomic E-state index is -0.763. The van der Waals surface area contributed by atoms with E-state index in [1.807, 2.05) is 18.2 Å². The van der Waals surface area contributed by atoms with Crippen LogP contribution < -0.4 is 11.1 Å². The second kappa shape index (κ2) is 13.3. The van der Waals surface area contributed by atoms with E-state index in [0.717, 1.165) is 81.8 Å². The lowest BCUT2D eigenvalue weighted by atomic mass is 9.88. The summed E-state index contributed by atoms with van der Waals surface area (Å²) >= 11 is 0. The van der Waals surface area contributed by atoms with E-state index in [0.29, 0.717) is 17.6 Å². The van der Waals surface area contributed by atoms with E-state index in [2.05, 4.69) is 10.2 Å². The molecule has 0 atom stereocenters. The molecule has 7 heteroatoms. The van der Waals surface area contributed by atoms with E-state index in [1.54, 1.807) is 6.07 Å². The lowest BCUT2D eigenvalue weighted by Crippen LogP contribution is -2.31. The predicted octanol–water partition coefficient (Wildman–Crippen LogP) is 4.95. The lowest BCUT2D eigenvalue weighted by Gasteiger charge is -2.26. The Morgan fingerprint density at radius 1 is 1.00 bits per heavy atom. The zero-order valence-electron chi connectivity index (χ0n) is 19.6. The monoisotopic (exact) mass is 471 g/mol. The summed E-state index contributed by atoms with van der Waals surface area (Å²) in [6.07, 6.45) is 9.89. The van der Waals surface area contributed by atoms with Gasteiger partial charge in [-0.2, -0.15) is 0 Å². The van der Waals surface area contributed by atoms with Crippen molar-refractivity contribution in [2.24, 2.45) is 11.7 Å². The van der Waals surface area contributed by atoms with E-state index >= 15 is 0 Å². The summed E-state index contributed by atoms with van der Waals surface area (Å²) in [5.41, 5.74) is 7.37. The van der Waals surface area contributed by atoms with E-state index in [-0.39, 0.29) is 5.56 Å². The summed E-state index contributed by atoms with van der Waals surface area (Å²) in [6, 6.07) is 10.8. The van der Waals surface area contributed by atoms with Gasteiger partial charge in [0, 0.05) is 35.8 Å². The van der Waals surface area contributed by atoms with Gasteiger partial charge in [0.2, 0.25) is 0 Å². The Morgan fingerprint density at radius 3 is 2.32 bits per heavy atom. The molecule has 0 bridgehead atoms. The molecule has 1 saturated carbocycles. The van der Waals surface area contributed by atoms with Crippen molar-refractivity contribution in [1.82, 2.24) is 4.90 Å². The number of hydrogen-bond acceptors (Lipinski definition) is 4. The highest BCUT2D eigenvalue weighted by atomic mass is 19.1. The third-order valence-corrected chi connectivity index (χ3v) is 6.48. The molecule has 1 aliphatic heterocycles. The smallest absolute Gasteiger partial charge is 0.255 e. The number of nitrogens with two attached hydrogens (primary N) is 1. The number of piperidine rings is 1. The molecule has 4 rings (SSSR count). The van der Waals surface area contributed by atoms with E-state index in [9.17, 15) is 18.4 Å². The number of amides is 1. The Labute approximate surface area is 200 Å². The van der Waals surface area contributed by atoms with Gasteiger partial charge in [0.25, 0.3) is 5.91 Å². The maximum Gasteiger partial charge on any atom is 0.255 e. The first-order valence-electron chi connectivity index (χ1n) is 12.2. The first-order valence-corrected chi connectivity index (χ1v) is 12.2. The van der Waals surface area contributed by atoms with Crippen LogP contribution in [0.1, 0.15) is 60.9 Å². The van der Waals surface area contributed by atoms with Crippen LogP contribution in [-0.4, -0.2) is 42.8 Å². The van der Waals surface area contributed by atoms with Crippen LogP contribution in [0.25, 0.3) is 0 Å². The molecule has 2 aromatic rings. The highest BCUT2D eigenvalue weighted by Gasteiger charge is 2.17. The fourth-order valence-corrected chi connectivity index (χ4v) is 4.44. The molecule has 0 aromatic heterocycles. The number of aldehydes is 1. The van der Waals surface area contributed by atoms with Gasteiger partial charge < -0.3 is 20.7 Å². The summed E-state index contributed by atoms with van der Waals surface area (Å²) < 4.78 is 26.5. The fourth-order valence-electron chi connectivity index (χ4n) is 4.44. The second-order valence-corrected chi connectivity index (χ2v) is 9.28. The Hall–Kier alpha value is -2.64. The molecule has 0 spiro atoms. The Balaban J connectivity index is 0.000000302. The van der Waals surface area contributed by atoms with Gasteiger partial charge in [-0.3, -0.25) is 4.79 Å². The number of rotatable bonds is 6. The highest BCUT2D eigenvalue weighted by molar-refractivity contribution is 6.04. The van der Waals surface area contributed by atoms with Crippen LogP contribution in [0.4, 0.5) is 14.5 Å². The van der Waals surface area contributed by atoms with Crippen LogP contribution in [0.5, 0.6) is 0 Å². The van der Waals surface area contributed by atoms with Crippen LogP contribution in [-0.2, 0) is 11.2 Å². The third-order valence-electron chi connectivity index (χ3n) is 6.48. The molecule has 2 aromatic carbocycles. The number of nitrogens with zero attached hydrogens (tertiary/aromatic N) is 1. The maximum absolute atomic E-state index is 13.2. The second-order valence-electron chi connectivity index (χ2n) is 9.28. The highest BCUT2D eigenvalue weighted by Crippen LogP contribution is 2.20. The summed E-state index contributed by atoms with van der Waals surface area (Å²) in [7, 11) is 0. The minimum absolute atomic E-state index is 0.0313. The number of anilines is 1. The maximum atomic E-state index is 13.2. The molecule has 34 heavy (non-hydrogen) atoms. The Bertz CT molecular complexity index is 919. The standard InChI is InChI=1S/C20H22F2N2O.C7H13NO/c21-17-12-16(13-18(22)14-17)20(25)23-19-6-4-5-15(11-19)7-10-24-8-2-1-3-9-24;8-7-3-1-6(5-9)2-4-7/h4-6,11-14H,1-3,7-10H2,(H,23,25);5-7H,1-4,8H2. The van der Waals surface area contributed by atoms with E-state index < -0.39 is 17.5 Å². The molecule has 2 aliphatic rings.